The highest BCUT2D eigenvalue weighted by molar-refractivity contribution is 4.92. The highest BCUT2D eigenvalue weighted by atomic mass is 15.1. The van der Waals surface area contributed by atoms with E-state index in [1.54, 1.807) is 0 Å². The van der Waals surface area contributed by atoms with E-state index in [2.05, 4.69) is 17.0 Å². The third-order valence-corrected chi connectivity index (χ3v) is 3.66. The summed E-state index contributed by atoms with van der Waals surface area (Å²) in [4.78, 5) is 2.31. The Hall–Kier alpha value is -1.06. The molecule has 0 aliphatic heterocycles. The molecule has 0 bridgehead atoms. The molecule has 0 aromatic carbocycles. The van der Waals surface area contributed by atoms with E-state index >= 15 is 0 Å². The predicted octanol–water partition coefficient (Wildman–Crippen LogP) is 3.08. The molecule has 0 atom stereocenters. The first-order chi connectivity index (χ1) is 8.09. The second-order valence-electron chi connectivity index (χ2n) is 5.67. The molecule has 0 heterocycles. The number of rotatable bonds is 6. The first kappa shape index (κ1) is 14.0. The molecule has 1 aliphatic rings. The summed E-state index contributed by atoms with van der Waals surface area (Å²) >= 11 is 0. The first-order valence-corrected chi connectivity index (χ1v) is 6.61. The summed E-state index contributed by atoms with van der Waals surface area (Å²) in [5, 5.41) is 17.8. The molecule has 0 spiro atoms. The highest BCUT2D eigenvalue weighted by Gasteiger charge is 2.23. The summed E-state index contributed by atoms with van der Waals surface area (Å²) in [7, 11) is 0. The lowest BCUT2D eigenvalue weighted by molar-refractivity contribution is 0.211. The summed E-state index contributed by atoms with van der Waals surface area (Å²) in [5.74, 6) is 0. The van der Waals surface area contributed by atoms with Gasteiger partial charge >= 0.3 is 0 Å². The van der Waals surface area contributed by atoms with Crippen LogP contribution in [0.25, 0.3) is 0 Å². The third-order valence-electron chi connectivity index (χ3n) is 3.66. The third kappa shape index (κ3) is 4.75. The summed E-state index contributed by atoms with van der Waals surface area (Å²) < 4.78 is 0. The molecule has 0 N–H and O–H groups in total. The van der Waals surface area contributed by atoms with Crippen LogP contribution in [-0.2, 0) is 0 Å². The van der Waals surface area contributed by atoms with Gasteiger partial charge in [0.15, 0.2) is 0 Å². The Morgan fingerprint density at radius 1 is 1.24 bits per heavy atom. The van der Waals surface area contributed by atoms with Crippen LogP contribution in [0.1, 0.15) is 52.4 Å². The van der Waals surface area contributed by atoms with E-state index in [1.165, 1.54) is 25.7 Å². The van der Waals surface area contributed by atoms with Gasteiger partial charge < -0.3 is 0 Å². The van der Waals surface area contributed by atoms with Gasteiger partial charge in [-0.25, -0.2) is 0 Å². The van der Waals surface area contributed by atoms with Crippen LogP contribution in [0, 0.1) is 28.1 Å². The van der Waals surface area contributed by atoms with Crippen molar-refractivity contribution in [3.05, 3.63) is 0 Å². The maximum absolute atomic E-state index is 8.96. The van der Waals surface area contributed by atoms with E-state index < -0.39 is 0 Å². The molecule has 94 valence electrons. The van der Waals surface area contributed by atoms with Crippen LogP contribution in [-0.4, -0.2) is 24.0 Å². The molecular formula is C14H23N3. The van der Waals surface area contributed by atoms with Crippen molar-refractivity contribution in [1.82, 2.24) is 4.90 Å². The largest absolute Gasteiger partial charge is 0.288 e. The molecule has 1 aliphatic carbocycles. The van der Waals surface area contributed by atoms with E-state index in [4.69, 9.17) is 10.5 Å². The molecule has 1 rings (SSSR count). The Labute approximate surface area is 105 Å². The minimum absolute atomic E-state index is 0.228. The molecule has 0 unspecified atom stereocenters. The Kier molecular flexibility index (Phi) is 5.45. The minimum Gasteiger partial charge on any atom is -0.288 e. The lowest BCUT2D eigenvalue weighted by Gasteiger charge is -2.27. The van der Waals surface area contributed by atoms with Gasteiger partial charge in [0, 0.05) is 6.04 Å². The maximum atomic E-state index is 8.96. The maximum Gasteiger partial charge on any atom is 0.0868 e. The van der Waals surface area contributed by atoms with Crippen LogP contribution in [0.3, 0.4) is 0 Å². The zero-order valence-corrected chi connectivity index (χ0v) is 11.1. The summed E-state index contributed by atoms with van der Waals surface area (Å²) in [6, 6.07) is 5.21. The van der Waals surface area contributed by atoms with Gasteiger partial charge in [-0.1, -0.05) is 12.8 Å². The lowest BCUT2D eigenvalue weighted by Crippen LogP contribution is -2.34. The van der Waals surface area contributed by atoms with Crippen molar-refractivity contribution in [2.75, 3.05) is 13.1 Å². The number of hydrogen-bond acceptors (Lipinski definition) is 3. The SMILES string of the molecule is CC(C)(C#N)CCCN(CC#N)C1CCCC1. The summed E-state index contributed by atoms with van der Waals surface area (Å²) in [6.07, 6.45) is 7.01. The average molecular weight is 233 g/mol. The average Bonchev–Trinajstić information content (AvgIpc) is 2.81. The van der Waals surface area contributed by atoms with Crippen molar-refractivity contribution in [2.45, 2.75) is 58.4 Å². The van der Waals surface area contributed by atoms with Gasteiger partial charge in [-0.15, -0.1) is 0 Å². The van der Waals surface area contributed by atoms with Gasteiger partial charge in [-0.2, -0.15) is 10.5 Å². The minimum atomic E-state index is -0.228. The number of nitrogens with zero attached hydrogens (tertiary/aromatic N) is 3. The molecule has 0 amide bonds. The molecule has 1 fully saturated rings. The van der Waals surface area contributed by atoms with Gasteiger partial charge in [-0.05, 0) is 46.1 Å². The monoisotopic (exact) mass is 233 g/mol. The number of nitriles is 2. The van der Waals surface area contributed by atoms with Crippen molar-refractivity contribution in [3.63, 3.8) is 0 Å². The standard InChI is InChI=1S/C14H23N3/c1-14(2,12-16)8-5-10-17(11-9-15)13-6-3-4-7-13/h13H,3-8,10-11H2,1-2H3. The Bertz CT molecular complexity index is 302. The number of hydrogen-bond donors (Lipinski definition) is 0. The van der Waals surface area contributed by atoms with E-state index in [0.717, 1.165) is 19.4 Å². The molecule has 3 nitrogen and oxygen atoms in total. The van der Waals surface area contributed by atoms with Crippen molar-refractivity contribution < 1.29 is 0 Å². The summed E-state index contributed by atoms with van der Waals surface area (Å²) in [6.45, 7) is 5.47. The van der Waals surface area contributed by atoms with Crippen molar-refractivity contribution in [3.8, 4) is 12.1 Å². The van der Waals surface area contributed by atoms with E-state index in [1.807, 2.05) is 13.8 Å². The fourth-order valence-corrected chi connectivity index (χ4v) is 2.53. The summed E-state index contributed by atoms with van der Waals surface area (Å²) in [5.41, 5.74) is -0.228. The highest BCUT2D eigenvalue weighted by Crippen LogP contribution is 2.25. The van der Waals surface area contributed by atoms with E-state index in [-0.39, 0.29) is 5.41 Å². The molecular weight excluding hydrogens is 210 g/mol. The van der Waals surface area contributed by atoms with Crippen molar-refractivity contribution in [1.29, 1.82) is 10.5 Å². The molecule has 0 aromatic rings. The van der Waals surface area contributed by atoms with Crippen LogP contribution >= 0.6 is 0 Å². The Balaban J connectivity index is 2.35. The van der Waals surface area contributed by atoms with Gasteiger partial charge in [0.05, 0.1) is 24.1 Å². The van der Waals surface area contributed by atoms with Gasteiger partial charge in [0.2, 0.25) is 0 Å². The topological polar surface area (TPSA) is 50.8 Å². The molecule has 17 heavy (non-hydrogen) atoms. The van der Waals surface area contributed by atoms with Gasteiger partial charge in [0.25, 0.3) is 0 Å². The molecule has 1 saturated carbocycles. The lowest BCUT2D eigenvalue weighted by atomic mass is 9.89. The van der Waals surface area contributed by atoms with Gasteiger partial charge in [-0.3, -0.25) is 4.90 Å². The molecule has 0 saturated heterocycles. The van der Waals surface area contributed by atoms with E-state index in [0.29, 0.717) is 12.6 Å². The van der Waals surface area contributed by atoms with Crippen molar-refractivity contribution in [2.24, 2.45) is 5.41 Å². The van der Waals surface area contributed by atoms with Gasteiger partial charge in [0.1, 0.15) is 0 Å². The quantitative estimate of drug-likeness (QED) is 0.662. The second kappa shape index (κ2) is 6.62. The molecule has 3 heteroatoms. The van der Waals surface area contributed by atoms with Crippen molar-refractivity contribution >= 4 is 0 Å². The zero-order valence-electron chi connectivity index (χ0n) is 11.1. The second-order valence-corrected chi connectivity index (χ2v) is 5.67. The predicted molar refractivity (Wildman–Crippen MR) is 68.1 cm³/mol. The van der Waals surface area contributed by atoms with Crippen LogP contribution in [0.4, 0.5) is 0 Å². The van der Waals surface area contributed by atoms with Crippen LogP contribution in [0.2, 0.25) is 0 Å². The van der Waals surface area contributed by atoms with E-state index in [9.17, 15) is 0 Å². The van der Waals surface area contributed by atoms with Crippen LogP contribution in [0.5, 0.6) is 0 Å². The van der Waals surface area contributed by atoms with Crippen LogP contribution in [0.15, 0.2) is 0 Å². The van der Waals surface area contributed by atoms with Crippen LogP contribution < -0.4 is 0 Å². The normalized spacial score (nSPS) is 17.0. The Morgan fingerprint density at radius 2 is 1.88 bits per heavy atom. The smallest absolute Gasteiger partial charge is 0.0868 e. The fraction of sp³-hybridized carbons (Fsp3) is 0.857. The fourth-order valence-electron chi connectivity index (χ4n) is 2.53. The Morgan fingerprint density at radius 3 is 2.41 bits per heavy atom. The molecule has 0 radical (unpaired) electrons. The zero-order chi connectivity index (χ0) is 12.7. The first-order valence-electron chi connectivity index (χ1n) is 6.61. The molecule has 0 aromatic heterocycles.